The molecule has 0 unspecified atom stereocenters. The summed E-state index contributed by atoms with van der Waals surface area (Å²) in [6.45, 7) is 5.44. The van der Waals surface area contributed by atoms with Gasteiger partial charge in [0.25, 0.3) is 0 Å². The Morgan fingerprint density at radius 3 is 2.67 bits per heavy atom. The van der Waals surface area contributed by atoms with Crippen LogP contribution in [0.4, 0.5) is 5.69 Å². The molecule has 2 N–H and O–H groups in total. The highest BCUT2D eigenvalue weighted by Crippen LogP contribution is 2.34. The zero-order chi connectivity index (χ0) is 17.7. The van der Waals surface area contributed by atoms with Crippen LogP contribution in [0.5, 0.6) is 0 Å². The van der Waals surface area contributed by atoms with Crippen molar-refractivity contribution in [2.75, 3.05) is 17.2 Å². The van der Waals surface area contributed by atoms with E-state index in [9.17, 15) is 14.4 Å². The maximum atomic E-state index is 12.2. The lowest BCUT2D eigenvalue weighted by Gasteiger charge is -2.28. The third-order valence-corrected chi connectivity index (χ3v) is 4.93. The number of nitrogens with one attached hydrogen (secondary N) is 2. The predicted molar refractivity (Wildman–Crippen MR) is 95.0 cm³/mol. The number of thioether (sulfide) groups is 1. The van der Waals surface area contributed by atoms with Crippen molar-refractivity contribution in [2.24, 2.45) is 0 Å². The van der Waals surface area contributed by atoms with Crippen LogP contribution in [0.25, 0.3) is 0 Å². The average Bonchev–Trinajstić information content (AvgIpc) is 2.57. The van der Waals surface area contributed by atoms with Gasteiger partial charge in [0.2, 0.25) is 17.7 Å². The first-order chi connectivity index (χ1) is 11.4. The van der Waals surface area contributed by atoms with Crippen LogP contribution in [0.2, 0.25) is 0 Å². The van der Waals surface area contributed by atoms with Gasteiger partial charge in [-0.3, -0.25) is 14.4 Å². The molecule has 7 heteroatoms. The quantitative estimate of drug-likeness (QED) is 0.817. The van der Waals surface area contributed by atoms with Gasteiger partial charge in [-0.2, -0.15) is 0 Å². The number of nitrogens with zero attached hydrogens (tertiary/aromatic N) is 1. The molecule has 0 bridgehead atoms. The van der Waals surface area contributed by atoms with Crippen LogP contribution in [-0.4, -0.2) is 42.1 Å². The number of para-hydroxylation sites is 1. The second-order valence-corrected chi connectivity index (χ2v) is 6.86. The van der Waals surface area contributed by atoms with Gasteiger partial charge in [-0.15, -0.1) is 11.8 Å². The first kappa shape index (κ1) is 18.3. The molecule has 1 aromatic carbocycles. The molecule has 1 aromatic rings. The Morgan fingerprint density at radius 1 is 1.25 bits per heavy atom. The molecule has 0 aromatic heterocycles. The van der Waals surface area contributed by atoms with Crippen LogP contribution in [-0.2, 0) is 14.4 Å². The van der Waals surface area contributed by atoms with Crippen LogP contribution in [0.1, 0.15) is 27.2 Å². The van der Waals surface area contributed by atoms with E-state index in [1.165, 1.54) is 16.7 Å². The topological polar surface area (TPSA) is 78.5 Å². The van der Waals surface area contributed by atoms with Gasteiger partial charge in [0, 0.05) is 10.9 Å². The van der Waals surface area contributed by atoms with Crippen molar-refractivity contribution in [3.8, 4) is 0 Å². The van der Waals surface area contributed by atoms with Crippen molar-refractivity contribution in [3.05, 3.63) is 24.3 Å². The van der Waals surface area contributed by atoms with Crippen LogP contribution in [0, 0.1) is 0 Å². The van der Waals surface area contributed by atoms with Gasteiger partial charge >= 0.3 is 0 Å². The van der Waals surface area contributed by atoms with Gasteiger partial charge in [0.15, 0.2) is 0 Å². The van der Waals surface area contributed by atoms with E-state index in [2.05, 4.69) is 10.6 Å². The third-order valence-electron chi connectivity index (χ3n) is 3.88. The minimum Gasteiger partial charge on any atom is -0.352 e. The molecule has 3 amide bonds. The molecule has 0 saturated carbocycles. The SMILES string of the molecule is CC[C@@H](C)NC(=O)[C@@H](C)NC(=O)CN1C(=O)CSc2ccccc21. The lowest BCUT2D eigenvalue weighted by molar-refractivity contribution is -0.128. The van der Waals surface area contributed by atoms with E-state index in [0.29, 0.717) is 5.75 Å². The van der Waals surface area contributed by atoms with Gasteiger partial charge in [-0.1, -0.05) is 19.1 Å². The molecule has 1 heterocycles. The van der Waals surface area contributed by atoms with E-state index in [4.69, 9.17) is 0 Å². The number of rotatable bonds is 6. The molecule has 130 valence electrons. The smallest absolute Gasteiger partial charge is 0.242 e. The third kappa shape index (κ3) is 4.50. The number of benzene rings is 1. The molecule has 24 heavy (non-hydrogen) atoms. The number of hydrogen-bond acceptors (Lipinski definition) is 4. The summed E-state index contributed by atoms with van der Waals surface area (Å²) < 4.78 is 0. The number of hydrogen-bond donors (Lipinski definition) is 2. The van der Waals surface area contributed by atoms with Crippen molar-refractivity contribution < 1.29 is 14.4 Å². The molecule has 0 saturated heterocycles. The first-order valence-electron chi connectivity index (χ1n) is 8.04. The summed E-state index contributed by atoms with van der Waals surface area (Å²) in [6.07, 6.45) is 0.823. The standard InChI is InChI=1S/C17H23N3O3S/c1-4-11(2)18-17(23)12(3)19-15(21)9-20-13-7-5-6-8-14(13)24-10-16(20)22/h5-8,11-12H,4,9-10H2,1-3H3,(H,18,23)(H,19,21)/t11-,12-/m1/s1. The zero-order valence-corrected chi connectivity index (χ0v) is 15.0. The number of fused-ring (bicyclic) bond motifs is 1. The van der Waals surface area contributed by atoms with Crippen LogP contribution in [0.3, 0.4) is 0 Å². The van der Waals surface area contributed by atoms with E-state index >= 15 is 0 Å². The summed E-state index contributed by atoms with van der Waals surface area (Å²) in [5.41, 5.74) is 0.741. The number of carbonyl (C=O) groups excluding carboxylic acids is 3. The lowest BCUT2D eigenvalue weighted by Crippen LogP contribution is -2.51. The molecular weight excluding hydrogens is 326 g/mol. The number of anilines is 1. The van der Waals surface area contributed by atoms with Gasteiger partial charge in [-0.05, 0) is 32.4 Å². The Balaban J connectivity index is 1.97. The minimum absolute atomic E-state index is 0.0597. The van der Waals surface area contributed by atoms with E-state index in [1.807, 2.05) is 38.1 Å². The largest absolute Gasteiger partial charge is 0.352 e. The molecule has 0 aliphatic carbocycles. The fraction of sp³-hybridized carbons (Fsp3) is 0.471. The summed E-state index contributed by atoms with van der Waals surface area (Å²) in [6, 6.07) is 6.91. The van der Waals surface area contributed by atoms with Crippen LogP contribution in [0.15, 0.2) is 29.2 Å². The Morgan fingerprint density at radius 2 is 1.96 bits per heavy atom. The van der Waals surface area contributed by atoms with Crippen LogP contribution < -0.4 is 15.5 Å². The van der Waals surface area contributed by atoms with Crippen LogP contribution >= 0.6 is 11.8 Å². The normalized spacial score (nSPS) is 16.1. The van der Waals surface area contributed by atoms with Crippen molar-refractivity contribution in [1.82, 2.24) is 10.6 Å². The monoisotopic (exact) mass is 349 g/mol. The second-order valence-electron chi connectivity index (χ2n) is 5.84. The maximum absolute atomic E-state index is 12.2. The highest BCUT2D eigenvalue weighted by molar-refractivity contribution is 8.00. The maximum Gasteiger partial charge on any atom is 0.242 e. The first-order valence-corrected chi connectivity index (χ1v) is 9.02. The Hall–Kier alpha value is -2.02. The van der Waals surface area contributed by atoms with Crippen molar-refractivity contribution in [2.45, 2.75) is 44.2 Å². The molecular formula is C17H23N3O3S. The van der Waals surface area contributed by atoms with Crippen molar-refractivity contribution in [3.63, 3.8) is 0 Å². The zero-order valence-electron chi connectivity index (χ0n) is 14.2. The molecule has 2 rings (SSSR count). The Kier molecular flexibility index (Phi) is 6.25. The highest BCUT2D eigenvalue weighted by Gasteiger charge is 2.27. The highest BCUT2D eigenvalue weighted by atomic mass is 32.2. The fourth-order valence-electron chi connectivity index (χ4n) is 2.29. The molecule has 6 nitrogen and oxygen atoms in total. The summed E-state index contributed by atoms with van der Waals surface area (Å²) in [7, 11) is 0. The Bertz CT molecular complexity index is 635. The Labute approximate surface area is 146 Å². The van der Waals surface area contributed by atoms with Crippen molar-refractivity contribution >= 4 is 35.2 Å². The van der Waals surface area contributed by atoms with Gasteiger partial charge in [-0.25, -0.2) is 0 Å². The summed E-state index contributed by atoms with van der Waals surface area (Å²) >= 11 is 1.47. The van der Waals surface area contributed by atoms with Gasteiger partial charge in [0.05, 0.1) is 11.4 Å². The fourth-order valence-corrected chi connectivity index (χ4v) is 3.23. The summed E-state index contributed by atoms with van der Waals surface area (Å²) in [4.78, 5) is 38.8. The molecule has 0 fully saturated rings. The van der Waals surface area contributed by atoms with E-state index in [0.717, 1.165) is 17.0 Å². The van der Waals surface area contributed by atoms with E-state index in [1.54, 1.807) is 6.92 Å². The molecule has 0 radical (unpaired) electrons. The van der Waals surface area contributed by atoms with E-state index in [-0.39, 0.29) is 30.3 Å². The van der Waals surface area contributed by atoms with Gasteiger partial charge < -0.3 is 15.5 Å². The lowest BCUT2D eigenvalue weighted by atomic mass is 10.2. The van der Waals surface area contributed by atoms with Gasteiger partial charge in [0.1, 0.15) is 12.6 Å². The minimum atomic E-state index is -0.643. The number of carbonyl (C=O) groups is 3. The van der Waals surface area contributed by atoms with E-state index < -0.39 is 6.04 Å². The molecule has 2 atom stereocenters. The number of amides is 3. The molecule has 1 aliphatic heterocycles. The predicted octanol–water partition coefficient (Wildman–Crippen LogP) is 1.54. The molecule has 1 aliphatic rings. The average molecular weight is 349 g/mol. The van der Waals surface area contributed by atoms with Crippen molar-refractivity contribution in [1.29, 1.82) is 0 Å². The second kappa shape index (κ2) is 8.19. The summed E-state index contributed by atoms with van der Waals surface area (Å²) in [5, 5.41) is 5.48. The molecule has 0 spiro atoms. The summed E-state index contributed by atoms with van der Waals surface area (Å²) in [5.74, 6) is -0.366.